The van der Waals surface area contributed by atoms with Crippen LogP contribution in [-0.2, 0) is 12.8 Å². The van der Waals surface area contributed by atoms with Gasteiger partial charge in [-0.05, 0) is 35.1 Å². The first-order valence-electron chi connectivity index (χ1n) is 6.56. The molecule has 1 aromatic carbocycles. The van der Waals surface area contributed by atoms with Gasteiger partial charge < -0.3 is 9.84 Å². The fraction of sp³-hybridized carbons (Fsp3) is 0.600. The van der Waals surface area contributed by atoms with Gasteiger partial charge in [0.15, 0.2) is 0 Å². The monoisotopic (exact) mass is 312 g/mol. The van der Waals surface area contributed by atoms with Crippen LogP contribution in [0.25, 0.3) is 0 Å². The first-order valence-corrected chi connectivity index (χ1v) is 7.35. The van der Waals surface area contributed by atoms with Crippen LogP contribution in [0.15, 0.2) is 16.6 Å². The minimum atomic E-state index is -0.343. The number of aliphatic hydroxyl groups excluding tert-OH is 1. The highest BCUT2D eigenvalue weighted by Crippen LogP contribution is 2.36. The molecule has 100 valence electrons. The fourth-order valence-corrected chi connectivity index (χ4v) is 2.77. The Morgan fingerprint density at radius 1 is 1.44 bits per heavy atom. The number of rotatable bonds is 4. The summed E-state index contributed by atoms with van der Waals surface area (Å²) in [4.78, 5) is 0. The van der Waals surface area contributed by atoms with E-state index in [2.05, 4.69) is 48.8 Å². The molecular formula is C15H21BrO2. The molecule has 1 aliphatic heterocycles. The summed E-state index contributed by atoms with van der Waals surface area (Å²) in [5, 5.41) is 10.4. The predicted octanol–water partition coefficient (Wildman–Crippen LogP) is 3.72. The Labute approximate surface area is 117 Å². The molecule has 1 heterocycles. The Balaban J connectivity index is 2.25. The van der Waals surface area contributed by atoms with Gasteiger partial charge in [0.1, 0.15) is 5.75 Å². The van der Waals surface area contributed by atoms with Crippen molar-refractivity contribution in [3.05, 3.63) is 27.7 Å². The number of halogens is 1. The Kier molecular flexibility index (Phi) is 4.02. The van der Waals surface area contributed by atoms with Gasteiger partial charge in [-0.3, -0.25) is 0 Å². The van der Waals surface area contributed by atoms with Gasteiger partial charge in [0, 0.05) is 17.3 Å². The molecule has 1 unspecified atom stereocenters. The molecule has 0 aromatic heterocycles. The van der Waals surface area contributed by atoms with Crippen LogP contribution in [0.3, 0.4) is 0 Å². The molecule has 0 saturated heterocycles. The smallest absolute Gasteiger partial charge is 0.125 e. The standard InChI is InChI=1S/C15H21BrO2/c1-4-15(2,3)13(17)9-11-8-12(16)7-10-5-6-18-14(10)11/h7-8,13,17H,4-6,9H2,1-3H3. The van der Waals surface area contributed by atoms with Gasteiger partial charge in [-0.1, -0.05) is 36.7 Å². The summed E-state index contributed by atoms with van der Waals surface area (Å²) in [6, 6.07) is 4.18. The Bertz CT molecular complexity index is 440. The maximum Gasteiger partial charge on any atom is 0.125 e. The van der Waals surface area contributed by atoms with E-state index in [0.29, 0.717) is 6.42 Å². The lowest BCUT2D eigenvalue weighted by Gasteiger charge is -2.29. The third-order valence-corrected chi connectivity index (χ3v) is 4.51. The molecule has 0 amide bonds. The molecule has 0 radical (unpaired) electrons. The van der Waals surface area contributed by atoms with Crippen LogP contribution in [-0.4, -0.2) is 17.8 Å². The van der Waals surface area contributed by atoms with Gasteiger partial charge >= 0.3 is 0 Å². The Morgan fingerprint density at radius 2 is 2.17 bits per heavy atom. The van der Waals surface area contributed by atoms with Gasteiger partial charge in [-0.2, -0.15) is 0 Å². The lowest BCUT2D eigenvalue weighted by Crippen LogP contribution is -2.30. The van der Waals surface area contributed by atoms with E-state index in [-0.39, 0.29) is 11.5 Å². The van der Waals surface area contributed by atoms with Crippen molar-refractivity contribution in [3.63, 3.8) is 0 Å². The quantitative estimate of drug-likeness (QED) is 0.918. The van der Waals surface area contributed by atoms with Crippen molar-refractivity contribution in [3.8, 4) is 5.75 Å². The highest BCUT2D eigenvalue weighted by molar-refractivity contribution is 9.10. The molecule has 3 heteroatoms. The van der Waals surface area contributed by atoms with Gasteiger partial charge in [-0.15, -0.1) is 0 Å². The molecule has 2 rings (SSSR count). The molecule has 1 aliphatic rings. The van der Waals surface area contributed by atoms with Gasteiger partial charge in [0.05, 0.1) is 12.7 Å². The Morgan fingerprint density at radius 3 is 2.83 bits per heavy atom. The van der Waals surface area contributed by atoms with Crippen LogP contribution in [0.1, 0.15) is 38.3 Å². The van der Waals surface area contributed by atoms with Crippen molar-refractivity contribution in [2.75, 3.05) is 6.61 Å². The van der Waals surface area contributed by atoms with E-state index in [1.807, 2.05) is 0 Å². The molecule has 1 N–H and O–H groups in total. The summed E-state index contributed by atoms with van der Waals surface area (Å²) in [6.45, 7) is 7.09. The van der Waals surface area contributed by atoms with Gasteiger partial charge in [0.2, 0.25) is 0 Å². The SMILES string of the molecule is CCC(C)(C)C(O)Cc1cc(Br)cc2c1OCC2. The fourth-order valence-electron chi connectivity index (χ4n) is 2.22. The second-order valence-corrected chi connectivity index (χ2v) is 6.63. The lowest BCUT2D eigenvalue weighted by molar-refractivity contribution is 0.0475. The molecule has 2 nitrogen and oxygen atoms in total. The number of hydrogen-bond acceptors (Lipinski definition) is 2. The second kappa shape index (κ2) is 5.22. The molecule has 1 atom stereocenters. The highest BCUT2D eigenvalue weighted by atomic mass is 79.9. The summed E-state index contributed by atoms with van der Waals surface area (Å²) >= 11 is 3.54. The summed E-state index contributed by atoms with van der Waals surface area (Å²) in [5.74, 6) is 0.990. The zero-order valence-corrected chi connectivity index (χ0v) is 12.9. The maximum absolute atomic E-state index is 10.4. The van der Waals surface area contributed by atoms with Crippen LogP contribution < -0.4 is 4.74 Å². The van der Waals surface area contributed by atoms with Crippen LogP contribution in [0.4, 0.5) is 0 Å². The summed E-state index contributed by atoms with van der Waals surface area (Å²) in [7, 11) is 0. The number of ether oxygens (including phenoxy) is 1. The summed E-state index contributed by atoms with van der Waals surface area (Å²) in [6.07, 6.45) is 2.24. The minimum Gasteiger partial charge on any atom is -0.493 e. The molecule has 0 fully saturated rings. The third kappa shape index (κ3) is 2.72. The highest BCUT2D eigenvalue weighted by Gasteiger charge is 2.28. The van der Waals surface area contributed by atoms with E-state index in [1.165, 1.54) is 5.56 Å². The molecule has 0 aliphatic carbocycles. The number of benzene rings is 1. The van der Waals surface area contributed by atoms with E-state index >= 15 is 0 Å². The van der Waals surface area contributed by atoms with Crippen molar-refractivity contribution in [1.29, 1.82) is 0 Å². The predicted molar refractivity (Wildman–Crippen MR) is 77.1 cm³/mol. The van der Waals surface area contributed by atoms with Gasteiger partial charge in [-0.25, -0.2) is 0 Å². The Hall–Kier alpha value is -0.540. The van der Waals surface area contributed by atoms with Gasteiger partial charge in [0.25, 0.3) is 0 Å². The number of fused-ring (bicyclic) bond motifs is 1. The average Bonchev–Trinajstić information content (AvgIpc) is 2.76. The largest absolute Gasteiger partial charge is 0.493 e. The van der Waals surface area contributed by atoms with E-state index in [4.69, 9.17) is 4.74 Å². The van der Waals surface area contributed by atoms with Crippen LogP contribution in [0.2, 0.25) is 0 Å². The first kappa shape index (κ1) is 13.9. The molecule has 18 heavy (non-hydrogen) atoms. The van der Waals surface area contributed by atoms with Crippen molar-refractivity contribution >= 4 is 15.9 Å². The third-order valence-electron chi connectivity index (χ3n) is 4.05. The lowest BCUT2D eigenvalue weighted by atomic mass is 9.81. The first-order chi connectivity index (χ1) is 8.44. The maximum atomic E-state index is 10.4. The molecule has 0 saturated carbocycles. The van der Waals surface area contributed by atoms with Crippen molar-refractivity contribution in [2.24, 2.45) is 5.41 Å². The summed E-state index contributed by atoms with van der Waals surface area (Å²) < 4.78 is 6.77. The molecular weight excluding hydrogens is 292 g/mol. The molecule has 0 spiro atoms. The van der Waals surface area contributed by atoms with Crippen LogP contribution >= 0.6 is 15.9 Å². The van der Waals surface area contributed by atoms with Crippen molar-refractivity contribution in [2.45, 2.75) is 46.1 Å². The van der Waals surface area contributed by atoms with Crippen molar-refractivity contribution < 1.29 is 9.84 Å². The topological polar surface area (TPSA) is 29.5 Å². The van der Waals surface area contributed by atoms with E-state index < -0.39 is 0 Å². The summed E-state index contributed by atoms with van der Waals surface area (Å²) in [5.41, 5.74) is 2.31. The number of aliphatic hydroxyl groups is 1. The zero-order valence-electron chi connectivity index (χ0n) is 11.3. The second-order valence-electron chi connectivity index (χ2n) is 5.71. The zero-order chi connectivity index (χ0) is 13.3. The van der Waals surface area contributed by atoms with Crippen LogP contribution in [0.5, 0.6) is 5.75 Å². The van der Waals surface area contributed by atoms with Crippen LogP contribution in [0, 0.1) is 5.41 Å². The van der Waals surface area contributed by atoms with E-state index in [9.17, 15) is 5.11 Å². The van der Waals surface area contributed by atoms with Crippen molar-refractivity contribution in [1.82, 2.24) is 0 Å². The van der Waals surface area contributed by atoms with E-state index in [1.54, 1.807) is 0 Å². The molecule has 0 bridgehead atoms. The average molecular weight is 313 g/mol. The number of hydrogen-bond donors (Lipinski definition) is 1. The minimum absolute atomic E-state index is 0.0617. The normalized spacial score (nSPS) is 16.3. The van der Waals surface area contributed by atoms with E-state index in [0.717, 1.165) is 35.2 Å². The molecule has 1 aromatic rings.